The number of pyridine rings is 1. The van der Waals surface area contributed by atoms with E-state index in [1.165, 1.54) is 0 Å². The molecule has 2 N–H and O–H groups in total. The Morgan fingerprint density at radius 3 is 2.73 bits per heavy atom. The molecule has 0 unspecified atom stereocenters. The van der Waals surface area contributed by atoms with E-state index in [0.29, 0.717) is 12.6 Å². The van der Waals surface area contributed by atoms with Crippen LogP contribution in [0.25, 0.3) is 0 Å². The molecule has 0 radical (unpaired) electrons. The summed E-state index contributed by atoms with van der Waals surface area (Å²) in [5, 5.41) is 6.93. The van der Waals surface area contributed by atoms with Crippen molar-refractivity contribution < 1.29 is 9.53 Å². The van der Waals surface area contributed by atoms with Crippen molar-refractivity contribution in [1.29, 1.82) is 0 Å². The van der Waals surface area contributed by atoms with Crippen LogP contribution < -0.4 is 25.2 Å². The zero-order chi connectivity index (χ0) is 22.3. The summed E-state index contributed by atoms with van der Waals surface area (Å²) in [5.41, 5.74) is 1.90. The van der Waals surface area contributed by atoms with Gasteiger partial charge in [0.2, 0.25) is 0 Å². The first kappa shape index (κ1) is 25.1. The number of aliphatic imine (C=N–C) groups is 1. The Bertz CT molecular complexity index is 961. The van der Waals surface area contributed by atoms with Crippen LogP contribution in [-0.2, 0) is 4.79 Å². The van der Waals surface area contributed by atoms with Gasteiger partial charge in [-0.2, -0.15) is 0 Å². The summed E-state index contributed by atoms with van der Waals surface area (Å²) in [7, 11) is 1.79. The first-order valence-electron chi connectivity index (χ1n) is 11.3. The molecule has 4 rings (SSSR count). The highest BCUT2D eigenvalue weighted by atomic mass is 127. The molecule has 178 valence electrons. The fourth-order valence-corrected chi connectivity index (χ4v) is 4.19. The molecule has 0 spiro atoms. The third-order valence-electron chi connectivity index (χ3n) is 5.92. The number of fused-ring (bicyclic) bond motifs is 1. The smallest absolute Gasteiger partial charge is 0.265 e. The Morgan fingerprint density at radius 1 is 1.18 bits per heavy atom. The lowest BCUT2D eigenvalue weighted by molar-refractivity contribution is -0.121. The lowest BCUT2D eigenvalue weighted by atomic mass is 10.1. The van der Waals surface area contributed by atoms with Crippen molar-refractivity contribution in [2.75, 3.05) is 49.6 Å². The van der Waals surface area contributed by atoms with Crippen molar-refractivity contribution in [2.24, 2.45) is 4.99 Å². The van der Waals surface area contributed by atoms with E-state index in [4.69, 9.17) is 4.74 Å². The average Bonchev–Trinajstić information content (AvgIpc) is 2.82. The van der Waals surface area contributed by atoms with E-state index in [1.807, 2.05) is 42.2 Å². The minimum absolute atomic E-state index is 0. The van der Waals surface area contributed by atoms with Gasteiger partial charge in [0.25, 0.3) is 5.91 Å². The third kappa shape index (κ3) is 6.49. The van der Waals surface area contributed by atoms with Crippen LogP contribution in [0.1, 0.15) is 25.0 Å². The third-order valence-corrected chi connectivity index (χ3v) is 5.92. The van der Waals surface area contributed by atoms with Crippen LogP contribution in [0, 0.1) is 6.92 Å². The van der Waals surface area contributed by atoms with Crippen LogP contribution >= 0.6 is 24.0 Å². The predicted octanol–water partition coefficient (Wildman–Crippen LogP) is 2.96. The van der Waals surface area contributed by atoms with Gasteiger partial charge in [-0.05, 0) is 50.5 Å². The van der Waals surface area contributed by atoms with Crippen molar-refractivity contribution in [2.45, 2.75) is 32.2 Å². The SMILES string of the molecule is CN=C(NCCCN1C(=O)COc2ccccc21)NC1CCN(c2cccc(C)n2)CC1.I. The van der Waals surface area contributed by atoms with E-state index in [2.05, 4.69) is 37.6 Å². The molecule has 0 bridgehead atoms. The topological polar surface area (TPSA) is 82.1 Å². The number of piperidine rings is 1. The fourth-order valence-electron chi connectivity index (χ4n) is 4.19. The van der Waals surface area contributed by atoms with Gasteiger partial charge in [-0.25, -0.2) is 4.98 Å². The summed E-state index contributed by atoms with van der Waals surface area (Å²) in [5.74, 6) is 2.64. The molecule has 0 saturated carbocycles. The van der Waals surface area contributed by atoms with Gasteiger partial charge in [0, 0.05) is 45.0 Å². The normalized spacial score (nSPS) is 16.5. The molecule has 1 amide bonds. The standard InChI is InChI=1S/C24H32N6O2.HI/c1-18-7-5-10-22(27-18)29-15-11-19(12-16-29)28-24(25-2)26-13-6-14-30-20-8-3-4-9-21(20)32-17-23(30)31;/h3-5,7-10,19H,6,11-17H2,1-2H3,(H2,25,26,28);1H. The van der Waals surface area contributed by atoms with E-state index < -0.39 is 0 Å². The van der Waals surface area contributed by atoms with Crippen LogP contribution in [-0.4, -0.2) is 62.7 Å². The number of aryl methyl sites for hydroxylation is 1. The zero-order valence-electron chi connectivity index (χ0n) is 19.3. The molecular weight excluding hydrogens is 531 g/mol. The van der Waals surface area contributed by atoms with Gasteiger partial charge < -0.3 is 25.2 Å². The number of benzene rings is 1. The number of para-hydroxylation sites is 2. The first-order chi connectivity index (χ1) is 15.6. The van der Waals surface area contributed by atoms with Crippen molar-refractivity contribution in [3.05, 3.63) is 48.2 Å². The number of halogens is 1. The van der Waals surface area contributed by atoms with Crippen LogP contribution in [0.4, 0.5) is 11.5 Å². The maximum absolute atomic E-state index is 12.3. The second-order valence-electron chi connectivity index (χ2n) is 8.20. The lowest BCUT2D eigenvalue weighted by Gasteiger charge is -2.34. The number of nitrogens with one attached hydrogen (secondary N) is 2. The van der Waals surface area contributed by atoms with E-state index in [-0.39, 0.29) is 36.5 Å². The molecule has 3 heterocycles. The van der Waals surface area contributed by atoms with Crippen molar-refractivity contribution >= 4 is 47.3 Å². The van der Waals surface area contributed by atoms with Crippen molar-refractivity contribution in [1.82, 2.24) is 15.6 Å². The van der Waals surface area contributed by atoms with Crippen LogP contribution in [0.5, 0.6) is 5.75 Å². The van der Waals surface area contributed by atoms with Gasteiger partial charge in [-0.15, -0.1) is 24.0 Å². The number of hydrogen-bond donors (Lipinski definition) is 2. The first-order valence-corrected chi connectivity index (χ1v) is 11.3. The molecule has 2 aliphatic rings. The highest BCUT2D eigenvalue weighted by molar-refractivity contribution is 14.0. The largest absolute Gasteiger partial charge is 0.482 e. The van der Waals surface area contributed by atoms with Gasteiger partial charge in [0.05, 0.1) is 5.69 Å². The Morgan fingerprint density at radius 2 is 1.97 bits per heavy atom. The summed E-state index contributed by atoms with van der Waals surface area (Å²) in [4.78, 5) is 25.5. The van der Waals surface area contributed by atoms with E-state index >= 15 is 0 Å². The Balaban J connectivity index is 0.00000306. The summed E-state index contributed by atoms with van der Waals surface area (Å²) in [6, 6.07) is 14.2. The molecule has 1 aromatic carbocycles. The second kappa shape index (κ2) is 12.1. The number of hydrogen-bond acceptors (Lipinski definition) is 5. The van der Waals surface area contributed by atoms with Gasteiger partial charge in [0.1, 0.15) is 11.6 Å². The summed E-state index contributed by atoms with van der Waals surface area (Å²) in [6.07, 6.45) is 2.89. The number of guanidine groups is 1. The predicted molar refractivity (Wildman–Crippen MR) is 143 cm³/mol. The monoisotopic (exact) mass is 564 g/mol. The van der Waals surface area contributed by atoms with Crippen LogP contribution in [0.3, 0.4) is 0 Å². The van der Waals surface area contributed by atoms with E-state index in [1.54, 1.807) is 7.05 Å². The maximum Gasteiger partial charge on any atom is 0.265 e. The Hall–Kier alpha value is -2.56. The number of aromatic nitrogens is 1. The van der Waals surface area contributed by atoms with E-state index in [9.17, 15) is 4.79 Å². The number of carbonyl (C=O) groups is 1. The summed E-state index contributed by atoms with van der Waals surface area (Å²) >= 11 is 0. The van der Waals surface area contributed by atoms with E-state index in [0.717, 1.165) is 67.8 Å². The number of carbonyl (C=O) groups excluding carboxylic acids is 1. The molecule has 33 heavy (non-hydrogen) atoms. The maximum atomic E-state index is 12.3. The Labute approximate surface area is 212 Å². The molecule has 1 fully saturated rings. The number of ether oxygens (including phenoxy) is 1. The highest BCUT2D eigenvalue weighted by Crippen LogP contribution is 2.31. The molecule has 0 atom stereocenters. The quantitative estimate of drug-likeness (QED) is 0.243. The lowest BCUT2D eigenvalue weighted by Crippen LogP contribution is -2.49. The fraction of sp³-hybridized carbons (Fsp3) is 0.458. The molecule has 1 aromatic heterocycles. The molecule has 2 aromatic rings. The summed E-state index contributed by atoms with van der Waals surface area (Å²) in [6.45, 7) is 5.46. The zero-order valence-corrected chi connectivity index (χ0v) is 21.6. The van der Waals surface area contributed by atoms with Crippen LogP contribution in [0.2, 0.25) is 0 Å². The number of rotatable bonds is 6. The van der Waals surface area contributed by atoms with Crippen molar-refractivity contribution in [3.63, 3.8) is 0 Å². The second-order valence-corrected chi connectivity index (χ2v) is 8.20. The molecule has 2 aliphatic heterocycles. The van der Waals surface area contributed by atoms with Gasteiger partial charge in [-0.1, -0.05) is 18.2 Å². The average molecular weight is 564 g/mol. The minimum Gasteiger partial charge on any atom is -0.482 e. The van der Waals surface area contributed by atoms with Gasteiger partial charge in [0.15, 0.2) is 12.6 Å². The van der Waals surface area contributed by atoms with Crippen molar-refractivity contribution in [3.8, 4) is 5.75 Å². The summed E-state index contributed by atoms with van der Waals surface area (Å²) < 4.78 is 5.51. The Kier molecular flexibility index (Phi) is 9.16. The van der Waals surface area contributed by atoms with Gasteiger partial charge >= 0.3 is 0 Å². The molecular formula is C24H33IN6O2. The number of nitrogens with zero attached hydrogens (tertiary/aromatic N) is 4. The number of anilines is 2. The minimum atomic E-state index is 0. The van der Waals surface area contributed by atoms with Crippen LogP contribution in [0.15, 0.2) is 47.5 Å². The highest BCUT2D eigenvalue weighted by Gasteiger charge is 2.25. The van der Waals surface area contributed by atoms with Gasteiger partial charge in [-0.3, -0.25) is 9.79 Å². The molecule has 9 heteroatoms. The molecule has 0 aliphatic carbocycles. The molecule has 8 nitrogen and oxygen atoms in total. The number of amides is 1. The molecule has 1 saturated heterocycles.